The number of halogens is 1. The molecule has 1 aromatic rings. The fraction of sp³-hybridized carbons (Fsp3) is 0.632. The summed E-state index contributed by atoms with van der Waals surface area (Å²) >= 11 is 0. The van der Waals surface area contributed by atoms with Crippen LogP contribution in [-0.4, -0.2) is 35.4 Å². The van der Waals surface area contributed by atoms with Crippen LogP contribution in [0.5, 0.6) is 0 Å². The molecule has 5 nitrogen and oxygen atoms in total. The average molecular weight is 352 g/mol. The zero-order chi connectivity index (χ0) is 18.6. The Hall–Kier alpha value is -1.50. The van der Waals surface area contributed by atoms with E-state index in [0.29, 0.717) is 5.56 Å². The summed E-state index contributed by atoms with van der Waals surface area (Å²) < 4.78 is 19.5. The molecule has 1 saturated heterocycles. The van der Waals surface area contributed by atoms with Crippen LogP contribution in [0, 0.1) is 17.7 Å². The Kier molecular flexibility index (Phi) is 6.93. The number of benzene rings is 1. The Morgan fingerprint density at radius 1 is 1.32 bits per heavy atom. The van der Waals surface area contributed by atoms with Gasteiger partial charge in [-0.15, -0.1) is 0 Å². The van der Waals surface area contributed by atoms with Crippen LogP contribution in [0.25, 0.3) is 0 Å². The summed E-state index contributed by atoms with van der Waals surface area (Å²) in [7, 11) is 0. The first kappa shape index (κ1) is 19.8. The SMILES string of the molecule is CC1CC(C(CC(O)C(N)Cc2ccccc2F)C(N)=O)CC(C)O1. The van der Waals surface area contributed by atoms with Crippen molar-refractivity contribution in [3.63, 3.8) is 0 Å². The number of carbonyl (C=O) groups is 1. The van der Waals surface area contributed by atoms with Crippen molar-refractivity contribution in [1.29, 1.82) is 0 Å². The molecule has 5 atom stereocenters. The number of ether oxygens (including phenoxy) is 1. The molecular weight excluding hydrogens is 323 g/mol. The molecule has 1 aliphatic heterocycles. The predicted molar refractivity (Wildman–Crippen MR) is 94.1 cm³/mol. The van der Waals surface area contributed by atoms with Crippen molar-refractivity contribution in [1.82, 2.24) is 0 Å². The lowest BCUT2D eigenvalue weighted by Gasteiger charge is -2.36. The normalized spacial score (nSPS) is 27.5. The van der Waals surface area contributed by atoms with E-state index in [2.05, 4.69) is 0 Å². The number of amides is 1. The van der Waals surface area contributed by atoms with Gasteiger partial charge in [0.2, 0.25) is 5.91 Å². The molecule has 1 aliphatic rings. The van der Waals surface area contributed by atoms with Gasteiger partial charge < -0.3 is 21.3 Å². The van der Waals surface area contributed by atoms with E-state index >= 15 is 0 Å². The molecule has 2 rings (SSSR count). The fourth-order valence-corrected chi connectivity index (χ4v) is 3.81. The average Bonchev–Trinajstić information content (AvgIpc) is 2.53. The van der Waals surface area contributed by atoms with E-state index in [1.165, 1.54) is 6.07 Å². The van der Waals surface area contributed by atoms with Crippen molar-refractivity contribution >= 4 is 5.91 Å². The first-order chi connectivity index (χ1) is 11.8. The van der Waals surface area contributed by atoms with Gasteiger partial charge in [0, 0.05) is 12.0 Å². The van der Waals surface area contributed by atoms with Crippen LogP contribution in [-0.2, 0) is 16.0 Å². The van der Waals surface area contributed by atoms with Gasteiger partial charge in [-0.1, -0.05) is 18.2 Å². The minimum absolute atomic E-state index is 0.0554. The van der Waals surface area contributed by atoms with E-state index in [4.69, 9.17) is 16.2 Å². The third kappa shape index (κ3) is 5.49. The number of rotatable bonds is 7. The highest BCUT2D eigenvalue weighted by molar-refractivity contribution is 5.77. The maximum absolute atomic E-state index is 13.8. The molecule has 0 aliphatic carbocycles. The Morgan fingerprint density at radius 3 is 2.48 bits per heavy atom. The second-order valence-corrected chi connectivity index (χ2v) is 7.26. The maximum Gasteiger partial charge on any atom is 0.220 e. The molecule has 5 N–H and O–H groups in total. The molecule has 0 aromatic heterocycles. The molecule has 1 aromatic carbocycles. The van der Waals surface area contributed by atoms with Gasteiger partial charge >= 0.3 is 0 Å². The minimum Gasteiger partial charge on any atom is -0.391 e. The molecule has 0 bridgehead atoms. The molecular formula is C19H29FN2O3. The Morgan fingerprint density at radius 2 is 1.92 bits per heavy atom. The van der Waals surface area contributed by atoms with Crippen LogP contribution in [0.2, 0.25) is 0 Å². The third-order valence-corrected chi connectivity index (χ3v) is 5.07. The van der Waals surface area contributed by atoms with Crippen molar-refractivity contribution in [3.05, 3.63) is 35.6 Å². The lowest BCUT2D eigenvalue weighted by Crippen LogP contribution is -2.44. The highest BCUT2D eigenvalue weighted by Gasteiger charge is 2.35. The third-order valence-electron chi connectivity index (χ3n) is 5.07. The zero-order valence-electron chi connectivity index (χ0n) is 14.9. The van der Waals surface area contributed by atoms with Crippen LogP contribution in [0.1, 0.15) is 38.7 Å². The van der Waals surface area contributed by atoms with Crippen LogP contribution in [0.15, 0.2) is 24.3 Å². The van der Waals surface area contributed by atoms with Gasteiger partial charge in [0.05, 0.1) is 18.3 Å². The van der Waals surface area contributed by atoms with Crippen molar-refractivity contribution in [2.24, 2.45) is 23.3 Å². The number of hydrogen-bond donors (Lipinski definition) is 3. The van der Waals surface area contributed by atoms with Crippen LogP contribution in [0.3, 0.4) is 0 Å². The summed E-state index contributed by atoms with van der Waals surface area (Å²) in [5.41, 5.74) is 12.1. The fourth-order valence-electron chi connectivity index (χ4n) is 3.81. The molecule has 1 amide bonds. The van der Waals surface area contributed by atoms with Crippen LogP contribution < -0.4 is 11.5 Å². The molecule has 5 unspecified atom stereocenters. The molecule has 6 heteroatoms. The Balaban J connectivity index is 2.00. The van der Waals surface area contributed by atoms with Gasteiger partial charge in [0.1, 0.15) is 5.82 Å². The first-order valence-corrected chi connectivity index (χ1v) is 8.89. The molecule has 1 fully saturated rings. The summed E-state index contributed by atoms with van der Waals surface area (Å²) in [5.74, 6) is -1.17. The zero-order valence-corrected chi connectivity index (χ0v) is 14.9. The van der Waals surface area contributed by atoms with E-state index in [0.717, 1.165) is 12.8 Å². The standard InChI is InChI=1S/C19H29FN2O3/c1-11-7-14(8-12(2)25-11)15(19(22)24)10-18(23)17(21)9-13-5-3-4-6-16(13)20/h3-6,11-12,14-15,17-18,23H,7-10,21H2,1-2H3,(H2,22,24). The molecule has 0 radical (unpaired) electrons. The number of carbonyl (C=O) groups excluding carboxylic acids is 1. The monoisotopic (exact) mass is 352 g/mol. The molecule has 0 spiro atoms. The lowest BCUT2D eigenvalue weighted by atomic mass is 9.77. The maximum atomic E-state index is 13.8. The van der Waals surface area contributed by atoms with Crippen molar-refractivity contribution < 1.29 is 19.0 Å². The number of primary amides is 1. The van der Waals surface area contributed by atoms with Crippen molar-refractivity contribution in [2.75, 3.05) is 0 Å². The van der Waals surface area contributed by atoms with E-state index in [1.807, 2.05) is 13.8 Å². The summed E-state index contributed by atoms with van der Waals surface area (Å²) in [4.78, 5) is 12.0. The molecule has 0 saturated carbocycles. The van der Waals surface area contributed by atoms with E-state index < -0.39 is 24.0 Å². The summed E-state index contributed by atoms with van der Waals surface area (Å²) in [6.45, 7) is 3.95. The minimum atomic E-state index is -0.925. The van der Waals surface area contributed by atoms with Gasteiger partial charge in [-0.05, 0) is 57.1 Å². The van der Waals surface area contributed by atoms with Gasteiger partial charge in [-0.3, -0.25) is 4.79 Å². The summed E-state index contributed by atoms with van der Waals surface area (Å²) in [6.07, 6.45) is 1.04. The largest absolute Gasteiger partial charge is 0.391 e. The first-order valence-electron chi connectivity index (χ1n) is 8.89. The second kappa shape index (κ2) is 8.74. The summed E-state index contributed by atoms with van der Waals surface area (Å²) in [5, 5.41) is 10.5. The highest BCUT2D eigenvalue weighted by Crippen LogP contribution is 2.33. The van der Waals surface area contributed by atoms with Gasteiger partial charge in [-0.25, -0.2) is 4.39 Å². The lowest BCUT2D eigenvalue weighted by molar-refractivity contribution is -0.129. The molecule has 140 valence electrons. The predicted octanol–water partition coefficient (Wildman–Crippen LogP) is 1.75. The van der Waals surface area contributed by atoms with Crippen molar-refractivity contribution in [3.8, 4) is 0 Å². The topological polar surface area (TPSA) is 98.6 Å². The van der Waals surface area contributed by atoms with Gasteiger partial charge in [-0.2, -0.15) is 0 Å². The van der Waals surface area contributed by atoms with Gasteiger partial charge in [0.15, 0.2) is 0 Å². The molecule has 25 heavy (non-hydrogen) atoms. The quantitative estimate of drug-likeness (QED) is 0.696. The van der Waals surface area contributed by atoms with Crippen molar-refractivity contribution in [2.45, 2.75) is 63.9 Å². The number of nitrogens with two attached hydrogens (primary N) is 2. The Labute approximate surface area is 148 Å². The second-order valence-electron chi connectivity index (χ2n) is 7.26. The van der Waals surface area contributed by atoms with E-state index in [-0.39, 0.29) is 36.8 Å². The number of hydrogen-bond acceptors (Lipinski definition) is 4. The Bertz CT molecular complexity index is 574. The molecule has 1 heterocycles. The number of aliphatic hydroxyl groups is 1. The van der Waals surface area contributed by atoms with Gasteiger partial charge in [0.25, 0.3) is 0 Å². The number of aliphatic hydroxyl groups excluding tert-OH is 1. The smallest absolute Gasteiger partial charge is 0.220 e. The van der Waals surface area contributed by atoms with E-state index in [9.17, 15) is 14.3 Å². The van der Waals surface area contributed by atoms with Crippen LogP contribution >= 0.6 is 0 Å². The van der Waals surface area contributed by atoms with Crippen LogP contribution in [0.4, 0.5) is 4.39 Å². The highest BCUT2D eigenvalue weighted by atomic mass is 19.1. The van der Waals surface area contributed by atoms with E-state index in [1.54, 1.807) is 18.2 Å². The summed E-state index contributed by atoms with van der Waals surface area (Å²) in [6, 6.07) is 5.69.